The van der Waals surface area contributed by atoms with Crippen molar-refractivity contribution in [2.24, 2.45) is 0 Å². The summed E-state index contributed by atoms with van der Waals surface area (Å²) in [5.74, 6) is -1.91. The number of likely N-dealkylation sites (tertiary alicyclic amines) is 1. The number of amides is 1. The molecule has 9 nitrogen and oxygen atoms in total. The average Bonchev–Trinajstić information content (AvgIpc) is 3.23. The lowest BCUT2D eigenvalue weighted by Crippen LogP contribution is -2.42. The minimum Gasteiger partial charge on any atom is -0.476 e. The second-order valence-electron chi connectivity index (χ2n) is 8.45. The Balaban J connectivity index is 1.62. The van der Waals surface area contributed by atoms with Gasteiger partial charge in [0.25, 0.3) is 5.91 Å². The summed E-state index contributed by atoms with van der Waals surface area (Å²) in [4.78, 5) is 27.0. The summed E-state index contributed by atoms with van der Waals surface area (Å²) in [6.07, 6.45) is 1.75. The Morgan fingerprint density at radius 3 is 2.71 bits per heavy atom. The summed E-state index contributed by atoms with van der Waals surface area (Å²) in [5, 5.41) is 14.0. The highest BCUT2D eigenvalue weighted by Gasteiger charge is 2.36. The Morgan fingerprint density at radius 2 is 1.94 bits per heavy atom. The number of benzene rings is 2. The van der Waals surface area contributed by atoms with Crippen molar-refractivity contribution in [3.63, 3.8) is 0 Å². The number of carbonyl (C=O) groups is 2. The first-order valence-electron chi connectivity index (χ1n) is 10.9. The monoisotopic (exact) mass is 481 g/mol. The molecule has 0 aliphatic carbocycles. The van der Waals surface area contributed by atoms with E-state index in [1.165, 1.54) is 10.7 Å². The number of hydrogen-bond donors (Lipinski definition) is 1. The van der Waals surface area contributed by atoms with Gasteiger partial charge in [-0.15, -0.1) is 0 Å². The van der Waals surface area contributed by atoms with Crippen molar-refractivity contribution < 1.29 is 27.9 Å². The molecule has 2 aliphatic rings. The molecule has 3 aromatic rings. The van der Waals surface area contributed by atoms with E-state index in [-0.39, 0.29) is 28.2 Å². The van der Waals surface area contributed by atoms with Gasteiger partial charge in [0.05, 0.1) is 28.1 Å². The molecule has 2 aromatic carbocycles. The molecule has 1 saturated heterocycles. The zero-order valence-electron chi connectivity index (χ0n) is 18.5. The number of aromatic carboxylic acids is 1. The van der Waals surface area contributed by atoms with E-state index in [0.717, 1.165) is 12.8 Å². The van der Waals surface area contributed by atoms with Crippen LogP contribution in [0.5, 0.6) is 0 Å². The van der Waals surface area contributed by atoms with E-state index < -0.39 is 21.6 Å². The minimum atomic E-state index is -3.71. The zero-order valence-corrected chi connectivity index (χ0v) is 19.3. The molecule has 1 fully saturated rings. The van der Waals surface area contributed by atoms with Crippen molar-refractivity contribution in [2.75, 3.05) is 20.2 Å². The minimum absolute atomic E-state index is 0.00408. The number of nitrogens with zero attached hydrogens (tertiary/aromatic N) is 3. The molecule has 1 aromatic heterocycles. The van der Waals surface area contributed by atoms with Crippen LogP contribution in [-0.2, 0) is 20.3 Å². The molecule has 0 radical (unpaired) electrons. The fourth-order valence-electron chi connectivity index (χ4n) is 4.69. The summed E-state index contributed by atoms with van der Waals surface area (Å²) in [6, 6.07) is 13.3. The molecule has 5 rings (SSSR count). The van der Waals surface area contributed by atoms with E-state index in [9.17, 15) is 23.1 Å². The number of rotatable bonds is 4. The van der Waals surface area contributed by atoms with Gasteiger partial charge in [-0.25, -0.2) is 17.9 Å². The van der Waals surface area contributed by atoms with Crippen molar-refractivity contribution >= 4 is 21.7 Å². The van der Waals surface area contributed by atoms with Crippen LogP contribution >= 0.6 is 0 Å². The van der Waals surface area contributed by atoms with Gasteiger partial charge in [0.15, 0.2) is 15.5 Å². The molecule has 1 amide bonds. The molecule has 0 bridgehead atoms. The Morgan fingerprint density at radius 1 is 1.15 bits per heavy atom. The van der Waals surface area contributed by atoms with Gasteiger partial charge < -0.3 is 14.7 Å². The smallest absolute Gasteiger partial charge is 0.356 e. The quantitative estimate of drug-likeness (QED) is 0.609. The zero-order chi connectivity index (χ0) is 24.0. The molecule has 1 atom stereocenters. The van der Waals surface area contributed by atoms with E-state index in [1.807, 2.05) is 0 Å². The molecular formula is C24H23N3O6S. The number of methoxy groups -OCH3 is 1. The average molecular weight is 482 g/mol. The van der Waals surface area contributed by atoms with Gasteiger partial charge in [-0.2, -0.15) is 5.10 Å². The summed E-state index contributed by atoms with van der Waals surface area (Å²) in [7, 11) is -2.08. The number of fused-ring (bicyclic) bond motifs is 3. The topological polar surface area (TPSA) is 119 Å². The number of piperidine rings is 1. The first-order valence-corrected chi connectivity index (χ1v) is 12.5. The van der Waals surface area contributed by atoms with Crippen molar-refractivity contribution in [3.05, 3.63) is 65.4 Å². The van der Waals surface area contributed by atoms with Gasteiger partial charge in [-0.1, -0.05) is 24.3 Å². The SMILES string of the molecule is COC1CCCN(C(=O)c2cccc(-n3nc(C(=O)O)c4c3-c3ccccc3S(=O)(=O)C4)c2)C1. The molecule has 1 N–H and O–H groups in total. The predicted octanol–water partition coefficient (Wildman–Crippen LogP) is 2.78. The van der Waals surface area contributed by atoms with Gasteiger partial charge >= 0.3 is 5.97 Å². The summed E-state index contributed by atoms with van der Waals surface area (Å²) < 4.78 is 32.5. The molecule has 34 heavy (non-hydrogen) atoms. The Bertz CT molecular complexity index is 1410. The highest BCUT2D eigenvalue weighted by Crippen LogP contribution is 2.40. The van der Waals surface area contributed by atoms with Crippen molar-refractivity contribution in [1.82, 2.24) is 14.7 Å². The van der Waals surface area contributed by atoms with Crippen LogP contribution in [0.25, 0.3) is 16.9 Å². The number of ether oxygens (including phenoxy) is 1. The molecular weight excluding hydrogens is 458 g/mol. The van der Waals surface area contributed by atoms with Gasteiger partial charge in [0.2, 0.25) is 0 Å². The van der Waals surface area contributed by atoms with Gasteiger partial charge in [0, 0.05) is 36.9 Å². The lowest BCUT2D eigenvalue weighted by Gasteiger charge is -2.32. The standard InChI is InChI=1S/C24H23N3O6S/c1-33-17-8-5-11-26(13-17)23(28)15-6-4-7-16(12-15)27-22-18-9-2-3-10-20(18)34(31,32)14-19(22)21(25-27)24(29)30/h2-4,6-7,9-10,12,17H,5,8,11,13-14H2,1H3,(H,29,30). The number of carboxylic acid groups (broad SMARTS) is 1. The maximum absolute atomic E-state index is 13.2. The van der Waals surface area contributed by atoms with Crippen LogP contribution in [0.1, 0.15) is 39.3 Å². The van der Waals surface area contributed by atoms with Crippen molar-refractivity contribution in [3.8, 4) is 16.9 Å². The third kappa shape index (κ3) is 3.68. The van der Waals surface area contributed by atoms with E-state index in [4.69, 9.17) is 4.74 Å². The van der Waals surface area contributed by atoms with Crippen LogP contribution in [0, 0.1) is 0 Å². The van der Waals surface area contributed by atoms with Crippen LogP contribution in [0.3, 0.4) is 0 Å². The van der Waals surface area contributed by atoms with E-state index in [2.05, 4.69) is 5.10 Å². The lowest BCUT2D eigenvalue weighted by molar-refractivity contribution is 0.0269. The van der Waals surface area contributed by atoms with E-state index in [0.29, 0.717) is 35.6 Å². The molecule has 0 spiro atoms. The Kier molecular flexibility index (Phi) is 5.49. The molecule has 0 saturated carbocycles. The fourth-order valence-corrected chi connectivity index (χ4v) is 6.29. The molecule has 176 valence electrons. The Labute approximate surface area is 196 Å². The fraction of sp³-hybridized carbons (Fsp3) is 0.292. The first kappa shape index (κ1) is 22.3. The van der Waals surface area contributed by atoms with Gasteiger partial charge in [0.1, 0.15) is 0 Å². The van der Waals surface area contributed by atoms with Crippen molar-refractivity contribution in [1.29, 1.82) is 0 Å². The number of carbonyl (C=O) groups excluding carboxylic acids is 1. The number of hydrogen-bond acceptors (Lipinski definition) is 6. The molecule has 10 heteroatoms. The van der Waals surface area contributed by atoms with Gasteiger partial charge in [-0.3, -0.25) is 4.79 Å². The second kappa shape index (κ2) is 8.37. The third-order valence-electron chi connectivity index (χ3n) is 6.33. The molecule has 3 heterocycles. The maximum atomic E-state index is 13.2. The number of aromatic nitrogens is 2. The lowest BCUT2D eigenvalue weighted by atomic mass is 10.0. The highest BCUT2D eigenvalue weighted by atomic mass is 32.2. The number of carboxylic acids is 1. The van der Waals surface area contributed by atoms with Crippen LogP contribution in [0.4, 0.5) is 0 Å². The number of sulfone groups is 1. The Hall–Kier alpha value is -3.50. The maximum Gasteiger partial charge on any atom is 0.356 e. The van der Waals surface area contributed by atoms with Crippen LogP contribution in [0.2, 0.25) is 0 Å². The van der Waals surface area contributed by atoms with Crippen LogP contribution in [0.15, 0.2) is 53.4 Å². The van der Waals surface area contributed by atoms with Crippen LogP contribution in [-0.4, -0.2) is 66.4 Å². The molecule has 2 aliphatic heterocycles. The largest absolute Gasteiger partial charge is 0.476 e. The van der Waals surface area contributed by atoms with E-state index >= 15 is 0 Å². The highest BCUT2D eigenvalue weighted by molar-refractivity contribution is 7.90. The third-order valence-corrected chi connectivity index (χ3v) is 8.03. The summed E-state index contributed by atoms with van der Waals surface area (Å²) >= 11 is 0. The first-order chi connectivity index (χ1) is 16.3. The summed E-state index contributed by atoms with van der Waals surface area (Å²) in [5.41, 5.74) is 1.53. The predicted molar refractivity (Wildman–Crippen MR) is 123 cm³/mol. The van der Waals surface area contributed by atoms with Crippen LogP contribution < -0.4 is 0 Å². The normalized spacial score (nSPS) is 18.7. The molecule has 1 unspecified atom stereocenters. The summed E-state index contributed by atoms with van der Waals surface area (Å²) in [6.45, 7) is 1.14. The van der Waals surface area contributed by atoms with Gasteiger partial charge in [-0.05, 0) is 37.1 Å². The van der Waals surface area contributed by atoms with Crippen molar-refractivity contribution in [2.45, 2.75) is 29.6 Å². The second-order valence-corrected chi connectivity index (χ2v) is 10.4. The van der Waals surface area contributed by atoms with E-state index in [1.54, 1.807) is 54.5 Å².